The Kier molecular flexibility index (Phi) is 5.93. The summed E-state index contributed by atoms with van der Waals surface area (Å²) in [6.45, 7) is 3.92. The Bertz CT molecular complexity index is 227. The minimum absolute atomic E-state index is 0.0880. The molecule has 0 saturated carbocycles. The van der Waals surface area contributed by atoms with Gasteiger partial charge in [0.15, 0.2) is 0 Å². The van der Waals surface area contributed by atoms with E-state index >= 15 is 0 Å². The van der Waals surface area contributed by atoms with Gasteiger partial charge in [0.1, 0.15) is 6.04 Å². The van der Waals surface area contributed by atoms with Crippen LogP contribution in [0.1, 0.15) is 20.3 Å². The Morgan fingerprint density at radius 2 is 1.87 bits per heavy atom. The Balaban J connectivity index is 4.43. The van der Waals surface area contributed by atoms with Crippen LogP contribution in [0.4, 0.5) is 0 Å². The van der Waals surface area contributed by atoms with E-state index in [0.29, 0.717) is 12.3 Å². The van der Waals surface area contributed by atoms with Crippen molar-refractivity contribution in [2.75, 3.05) is 20.6 Å². The van der Waals surface area contributed by atoms with Gasteiger partial charge in [0.25, 0.3) is 0 Å². The predicted octanol–water partition coefficient (Wildman–Crippen LogP) is -0.436. The highest BCUT2D eigenvalue weighted by Gasteiger charge is 2.22. The number of nitrogens with one attached hydrogen (secondary N) is 1. The van der Waals surface area contributed by atoms with Crippen molar-refractivity contribution in [3.63, 3.8) is 0 Å². The number of carbonyl (C=O) groups is 2. The van der Waals surface area contributed by atoms with Crippen molar-refractivity contribution in [3.8, 4) is 0 Å². The highest BCUT2D eigenvalue weighted by Crippen LogP contribution is 2.06. The van der Waals surface area contributed by atoms with E-state index in [2.05, 4.69) is 5.32 Å². The first-order valence-corrected chi connectivity index (χ1v) is 5.09. The van der Waals surface area contributed by atoms with Crippen molar-refractivity contribution in [1.82, 2.24) is 10.2 Å². The molecule has 0 aromatic carbocycles. The van der Waals surface area contributed by atoms with Crippen molar-refractivity contribution in [2.24, 2.45) is 11.7 Å². The summed E-state index contributed by atoms with van der Waals surface area (Å²) in [6.07, 6.45) is 0.628. The summed E-state index contributed by atoms with van der Waals surface area (Å²) in [7, 11) is 3.34. The zero-order chi connectivity index (χ0) is 12.0. The third-order valence-electron chi connectivity index (χ3n) is 1.97. The van der Waals surface area contributed by atoms with E-state index in [1.54, 1.807) is 14.1 Å². The molecule has 0 saturated heterocycles. The Labute approximate surface area is 91.0 Å². The summed E-state index contributed by atoms with van der Waals surface area (Å²) in [5, 5.41) is 2.62. The quantitative estimate of drug-likeness (QED) is 0.653. The summed E-state index contributed by atoms with van der Waals surface area (Å²) >= 11 is 0. The lowest BCUT2D eigenvalue weighted by atomic mass is 10.0. The second-order valence-corrected chi connectivity index (χ2v) is 4.19. The molecule has 2 amide bonds. The number of nitrogens with zero attached hydrogens (tertiary/aromatic N) is 1. The number of hydrogen-bond donors (Lipinski definition) is 2. The van der Waals surface area contributed by atoms with Crippen LogP contribution in [0.2, 0.25) is 0 Å². The van der Waals surface area contributed by atoms with E-state index in [1.807, 2.05) is 13.8 Å². The molecule has 0 heterocycles. The molecule has 0 spiro atoms. The molecule has 3 N–H and O–H groups in total. The minimum atomic E-state index is -0.462. The molecule has 0 aliphatic rings. The first-order valence-electron chi connectivity index (χ1n) is 5.09. The fourth-order valence-corrected chi connectivity index (χ4v) is 1.26. The van der Waals surface area contributed by atoms with Crippen molar-refractivity contribution in [3.05, 3.63) is 0 Å². The molecule has 0 aromatic heterocycles. The van der Waals surface area contributed by atoms with Gasteiger partial charge < -0.3 is 16.0 Å². The average Bonchev–Trinajstić information content (AvgIpc) is 2.14. The van der Waals surface area contributed by atoms with Gasteiger partial charge >= 0.3 is 0 Å². The largest absolute Gasteiger partial charge is 0.347 e. The van der Waals surface area contributed by atoms with Crippen LogP contribution in [-0.4, -0.2) is 43.4 Å². The zero-order valence-electron chi connectivity index (χ0n) is 9.91. The first kappa shape index (κ1) is 13.9. The molecular formula is C10H21N3O2. The second-order valence-electron chi connectivity index (χ2n) is 4.19. The number of amides is 2. The third kappa shape index (κ3) is 5.37. The standard InChI is InChI=1S/C10H21N3O2/c1-7(2)5-8(10(15)13(3)4)12-9(14)6-11/h7-8H,5-6,11H2,1-4H3,(H,12,14). The molecule has 88 valence electrons. The van der Waals surface area contributed by atoms with Gasteiger partial charge in [-0.05, 0) is 12.3 Å². The molecular weight excluding hydrogens is 194 g/mol. The summed E-state index contributed by atoms with van der Waals surface area (Å²) in [5.74, 6) is -0.0432. The molecule has 0 rings (SSSR count). The van der Waals surface area contributed by atoms with Gasteiger partial charge in [-0.2, -0.15) is 0 Å². The molecule has 1 unspecified atom stereocenters. The van der Waals surface area contributed by atoms with Gasteiger partial charge in [-0.3, -0.25) is 9.59 Å². The highest BCUT2D eigenvalue weighted by molar-refractivity contribution is 5.87. The molecule has 5 heteroatoms. The SMILES string of the molecule is CC(C)CC(NC(=O)CN)C(=O)N(C)C. The zero-order valence-corrected chi connectivity index (χ0v) is 9.91. The maximum absolute atomic E-state index is 11.7. The Morgan fingerprint density at radius 3 is 2.20 bits per heavy atom. The van der Waals surface area contributed by atoms with Crippen LogP contribution in [0, 0.1) is 5.92 Å². The molecule has 15 heavy (non-hydrogen) atoms. The summed E-state index contributed by atoms with van der Waals surface area (Å²) in [6, 6.07) is -0.462. The van der Waals surface area contributed by atoms with Crippen molar-refractivity contribution >= 4 is 11.8 Å². The fourth-order valence-electron chi connectivity index (χ4n) is 1.26. The van der Waals surface area contributed by atoms with E-state index in [9.17, 15) is 9.59 Å². The lowest BCUT2D eigenvalue weighted by Gasteiger charge is -2.22. The van der Waals surface area contributed by atoms with Crippen LogP contribution in [0.15, 0.2) is 0 Å². The molecule has 5 nitrogen and oxygen atoms in total. The maximum atomic E-state index is 11.7. The molecule has 0 bridgehead atoms. The third-order valence-corrected chi connectivity index (χ3v) is 1.97. The molecule has 0 fully saturated rings. The van der Waals surface area contributed by atoms with Gasteiger partial charge in [-0.1, -0.05) is 13.8 Å². The summed E-state index contributed by atoms with van der Waals surface area (Å²) in [5.41, 5.74) is 5.19. The van der Waals surface area contributed by atoms with Gasteiger partial charge in [-0.15, -0.1) is 0 Å². The van der Waals surface area contributed by atoms with E-state index in [0.717, 1.165) is 0 Å². The number of rotatable bonds is 5. The predicted molar refractivity (Wildman–Crippen MR) is 59.1 cm³/mol. The van der Waals surface area contributed by atoms with Crippen molar-refractivity contribution in [2.45, 2.75) is 26.3 Å². The molecule has 1 atom stereocenters. The van der Waals surface area contributed by atoms with E-state index in [-0.39, 0.29) is 18.4 Å². The van der Waals surface area contributed by atoms with Crippen LogP contribution >= 0.6 is 0 Å². The van der Waals surface area contributed by atoms with Crippen molar-refractivity contribution < 1.29 is 9.59 Å². The fraction of sp³-hybridized carbons (Fsp3) is 0.800. The molecule has 0 aliphatic heterocycles. The molecule has 0 radical (unpaired) electrons. The highest BCUT2D eigenvalue weighted by atomic mass is 16.2. The van der Waals surface area contributed by atoms with Crippen LogP contribution in [0.5, 0.6) is 0 Å². The average molecular weight is 215 g/mol. The number of carbonyl (C=O) groups excluding carboxylic acids is 2. The topological polar surface area (TPSA) is 75.4 Å². The smallest absolute Gasteiger partial charge is 0.244 e. The van der Waals surface area contributed by atoms with Crippen LogP contribution in [0.25, 0.3) is 0 Å². The van der Waals surface area contributed by atoms with Crippen molar-refractivity contribution in [1.29, 1.82) is 0 Å². The maximum Gasteiger partial charge on any atom is 0.244 e. The van der Waals surface area contributed by atoms with Gasteiger partial charge in [0.2, 0.25) is 11.8 Å². The lowest BCUT2D eigenvalue weighted by Crippen LogP contribution is -2.48. The number of hydrogen-bond acceptors (Lipinski definition) is 3. The molecule has 0 aromatic rings. The van der Waals surface area contributed by atoms with E-state index < -0.39 is 6.04 Å². The lowest BCUT2D eigenvalue weighted by molar-refractivity contribution is -0.134. The Morgan fingerprint density at radius 1 is 1.33 bits per heavy atom. The Hall–Kier alpha value is -1.10. The van der Waals surface area contributed by atoms with Crippen LogP contribution in [-0.2, 0) is 9.59 Å². The van der Waals surface area contributed by atoms with Crippen LogP contribution in [0.3, 0.4) is 0 Å². The van der Waals surface area contributed by atoms with Crippen LogP contribution < -0.4 is 11.1 Å². The van der Waals surface area contributed by atoms with Gasteiger partial charge in [-0.25, -0.2) is 0 Å². The number of nitrogens with two attached hydrogens (primary N) is 1. The monoisotopic (exact) mass is 215 g/mol. The first-order chi connectivity index (χ1) is 6.88. The second kappa shape index (κ2) is 6.40. The van der Waals surface area contributed by atoms with E-state index in [4.69, 9.17) is 5.73 Å². The summed E-state index contributed by atoms with van der Waals surface area (Å²) < 4.78 is 0. The number of likely N-dealkylation sites (N-methyl/N-ethyl adjacent to an activating group) is 1. The normalized spacial score (nSPS) is 12.4. The van der Waals surface area contributed by atoms with E-state index in [1.165, 1.54) is 4.90 Å². The van der Waals surface area contributed by atoms with Gasteiger partial charge in [0, 0.05) is 14.1 Å². The minimum Gasteiger partial charge on any atom is -0.347 e. The summed E-state index contributed by atoms with van der Waals surface area (Å²) in [4.78, 5) is 24.3. The van der Waals surface area contributed by atoms with Gasteiger partial charge in [0.05, 0.1) is 6.54 Å². The molecule has 0 aliphatic carbocycles.